The summed E-state index contributed by atoms with van der Waals surface area (Å²) in [6, 6.07) is 14.3. The van der Waals surface area contributed by atoms with Crippen LogP contribution in [0.4, 0.5) is 4.39 Å². The van der Waals surface area contributed by atoms with Crippen LogP contribution in [0, 0.1) is 5.82 Å². The summed E-state index contributed by atoms with van der Waals surface area (Å²) in [5.41, 5.74) is 2.55. The van der Waals surface area contributed by atoms with Gasteiger partial charge < -0.3 is 10.1 Å². The predicted molar refractivity (Wildman–Crippen MR) is 128 cm³/mol. The van der Waals surface area contributed by atoms with E-state index >= 15 is 0 Å². The molecule has 0 aliphatic heterocycles. The molecular formula is C25H35BrFNO2. The number of Topliss-reactive ketones (excluding diaryl/α,β-unsaturated/α-hetero) is 1. The third-order valence-corrected chi connectivity index (χ3v) is 5.94. The van der Waals surface area contributed by atoms with E-state index in [4.69, 9.17) is 4.74 Å². The number of carbonyl (C=O) groups is 1. The second-order valence-corrected chi connectivity index (χ2v) is 7.71. The van der Waals surface area contributed by atoms with Gasteiger partial charge in [-0.05, 0) is 86.7 Å². The molecule has 1 aliphatic rings. The van der Waals surface area contributed by atoms with E-state index in [1.807, 2.05) is 7.05 Å². The first kappa shape index (κ1) is 26.3. The fourth-order valence-electron chi connectivity index (χ4n) is 4.05. The molecule has 2 aromatic rings. The van der Waals surface area contributed by atoms with E-state index < -0.39 is 0 Å². The summed E-state index contributed by atoms with van der Waals surface area (Å²) in [5, 5.41) is 2.97. The van der Waals surface area contributed by atoms with Crippen molar-refractivity contribution in [2.45, 2.75) is 57.3 Å². The smallest absolute Gasteiger partial charge is 0.162 e. The molecule has 1 saturated carbocycles. The zero-order chi connectivity index (χ0) is 21.1. The standard InChI is InChI=1S/C14H20O.C11H14FNO.BrH/c1-3-14(10-4-5-11-14)12-6-8-13(15-2)9-7-12;1-13-8-2-3-11(14)9-4-6-10(12)7-5-9;/h6-9H,3-5,10-11H2,1-2H3;4-7,13H,2-3,8H2,1H3;1H. The number of ketones is 1. The van der Waals surface area contributed by atoms with Crippen LogP contribution in [0.25, 0.3) is 0 Å². The van der Waals surface area contributed by atoms with Gasteiger partial charge in [0.25, 0.3) is 0 Å². The average molecular weight is 480 g/mol. The molecule has 0 heterocycles. The quantitative estimate of drug-likeness (QED) is 0.346. The highest BCUT2D eigenvalue weighted by Gasteiger charge is 2.33. The lowest BCUT2D eigenvalue weighted by molar-refractivity contribution is 0.0980. The number of halogens is 2. The summed E-state index contributed by atoms with van der Waals surface area (Å²) in [5.74, 6) is 0.722. The Bertz CT molecular complexity index is 741. The van der Waals surface area contributed by atoms with E-state index in [0.29, 0.717) is 17.4 Å². The van der Waals surface area contributed by atoms with Crippen LogP contribution in [0.5, 0.6) is 5.75 Å². The molecule has 0 atom stereocenters. The fraction of sp³-hybridized carbons (Fsp3) is 0.480. The average Bonchev–Trinajstić information content (AvgIpc) is 3.25. The topological polar surface area (TPSA) is 38.3 Å². The van der Waals surface area contributed by atoms with E-state index in [9.17, 15) is 9.18 Å². The molecule has 30 heavy (non-hydrogen) atoms. The zero-order valence-electron chi connectivity index (χ0n) is 18.4. The number of rotatable bonds is 8. The van der Waals surface area contributed by atoms with Crippen molar-refractivity contribution in [3.63, 3.8) is 0 Å². The van der Waals surface area contributed by atoms with Crippen LogP contribution in [-0.4, -0.2) is 26.5 Å². The Kier molecular flexibility index (Phi) is 11.9. The maximum atomic E-state index is 12.5. The highest BCUT2D eigenvalue weighted by Crippen LogP contribution is 2.43. The van der Waals surface area contributed by atoms with E-state index in [1.165, 1.54) is 61.9 Å². The van der Waals surface area contributed by atoms with Gasteiger partial charge in [0.05, 0.1) is 7.11 Å². The first-order chi connectivity index (χ1) is 14.0. The fourth-order valence-corrected chi connectivity index (χ4v) is 4.05. The van der Waals surface area contributed by atoms with Gasteiger partial charge in [-0.15, -0.1) is 17.0 Å². The Morgan fingerprint density at radius 3 is 2.17 bits per heavy atom. The Morgan fingerprint density at radius 1 is 1.07 bits per heavy atom. The van der Waals surface area contributed by atoms with Gasteiger partial charge in [0, 0.05) is 12.0 Å². The van der Waals surface area contributed by atoms with E-state index in [-0.39, 0.29) is 28.6 Å². The summed E-state index contributed by atoms with van der Waals surface area (Å²) >= 11 is 0. The normalized spacial score (nSPS) is 14.3. The molecule has 0 bridgehead atoms. The lowest BCUT2D eigenvalue weighted by Gasteiger charge is -2.28. The van der Waals surface area contributed by atoms with Crippen molar-refractivity contribution < 1.29 is 13.9 Å². The first-order valence-corrected chi connectivity index (χ1v) is 10.6. The van der Waals surface area contributed by atoms with Gasteiger partial charge >= 0.3 is 0 Å². The second kappa shape index (κ2) is 13.6. The molecule has 166 valence electrons. The Balaban J connectivity index is 0.000000291. The Hall–Kier alpha value is -1.72. The molecule has 0 unspecified atom stereocenters. The first-order valence-electron chi connectivity index (χ1n) is 10.6. The Morgan fingerprint density at radius 2 is 1.67 bits per heavy atom. The van der Waals surface area contributed by atoms with Crippen LogP contribution in [-0.2, 0) is 5.41 Å². The summed E-state index contributed by atoms with van der Waals surface area (Å²) in [4.78, 5) is 11.5. The number of benzene rings is 2. The van der Waals surface area contributed by atoms with Gasteiger partial charge in [0.15, 0.2) is 5.78 Å². The van der Waals surface area contributed by atoms with Crippen molar-refractivity contribution >= 4 is 22.8 Å². The number of methoxy groups -OCH3 is 1. The third-order valence-electron chi connectivity index (χ3n) is 5.94. The maximum Gasteiger partial charge on any atom is 0.162 e. The van der Waals surface area contributed by atoms with Gasteiger partial charge in [-0.3, -0.25) is 4.79 Å². The van der Waals surface area contributed by atoms with E-state index in [1.54, 1.807) is 7.11 Å². The number of hydrogen-bond acceptors (Lipinski definition) is 3. The summed E-state index contributed by atoms with van der Waals surface area (Å²) in [6.07, 6.45) is 8.07. The number of nitrogens with one attached hydrogen (secondary N) is 1. The molecule has 1 fully saturated rings. The molecule has 0 spiro atoms. The summed E-state index contributed by atoms with van der Waals surface area (Å²) in [7, 11) is 3.57. The SMILES string of the molecule is Br.CCC1(c2ccc(OC)cc2)CCCC1.CNCCCC(=O)c1ccc(F)cc1. The van der Waals surface area contributed by atoms with Crippen molar-refractivity contribution in [3.8, 4) is 5.75 Å². The third kappa shape index (κ3) is 7.51. The van der Waals surface area contributed by atoms with Crippen LogP contribution in [0.3, 0.4) is 0 Å². The van der Waals surface area contributed by atoms with E-state index in [0.717, 1.165) is 18.7 Å². The zero-order valence-corrected chi connectivity index (χ0v) is 20.1. The van der Waals surface area contributed by atoms with Crippen LogP contribution in [0.15, 0.2) is 48.5 Å². The monoisotopic (exact) mass is 479 g/mol. The summed E-state index contributed by atoms with van der Waals surface area (Å²) < 4.78 is 17.7. The van der Waals surface area contributed by atoms with Crippen LogP contribution in [0.1, 0.15) is 67.8 Å². The van der Waals surface area contributed by atoms with Gasteiger partial charge in [0.2, 0.25) is 0 Å². The van der Waals surface area contributed by atoms with Gasteiger partial charge in [-0.25, -0.2) is 4.39 Å². The molecule has 1 aliphatic carbocycles. The summed E-state index contributed by atoms with van der Waals surface area (Å²) in [6.45, 7) is 3.14. The number of ether oxygens (including phenoxy) is 1. The molecule has 2 aromatic carbocycles. The molecule has 0 radical (unpaired) electrons. The van der Waals surface area contributed by atoms with Gasteiger partial charge in [-0.1, -0.05) is 31.9 Å². The van der Waals surface area contributed by atoms with Gasteiger partial charge in [-0.2, -0.15) is 0 Å². The number of hydrogen-bond donors (Lipinski definition) is 1. The second-order valence-electron chi connectivity index (χ2n) is 7.71. The highest BCUT2D eigenvalue weighted by molar-refractivity contribution is 8.93. The van der Waals surface area contributed by atoms with Crippen molar-refractivity contribution in [2.24, 2.45) is 0 Å². The minimum absolute atomic E-state index is 0. The minimum Gasteiger partial charge on any atom is -0.497 e. The highest BCUT2D eigenvalue weighted by atomic mass is 79.9. The minimum atomic E-state index is -0.309. The lowest BCUT2D eigenvalue weighted by Crippen LogP contribution is -2.20. The Labute approximate surface area is 191 Å². The van der Waals surface area contributed by atoms with Gasteiger partial charge in [0.1, 0.15) is 11.6 Å². The molecule has 0 amide bonds. The maximum absolute atomic E-state index is 12.5. The lowest BCUT2D eigenvalue weighted by atomic mass is 9.77. The molecule has 3 nitrogen and oxygen atoms in total. The van der Waals surface area contributed by atoms with E-state index in [2.05, 4.69) is 36.5 Å². The van der Waals surface area contributed by atoms with Crippen molar-refractivity contribution in [1.29, 1.82) is 0 Å². The molecule has 0 aromatic heterocycles. The largest absolute Gasteiger partial charge is 0.497 e. The molecule has 3 rings (SSSR count). The molecular weight excluding hydrogens is 445 g/mol. The molecule has 5 heteroatoms. The predicted octanol–water partition coefficient (Wildman–Crippen LogP) is 6.50. The number of carbonyl (C=O) groups excluding carboxylic acids is 1. The van der Waals surface area contributed by atoms with Crippen LogP contribution in [0.2, 0.25) is 0 Å². The van der Waals surface area contributed by atoms with Crippen LogP contribution < -0.4 is 10.1 Å². The van der Waals surface area contributed by atoms with Crippen molar-refractivity contribution in [2.75, 3.05) is 20.7 Å². The van der Waals surface area contributed by atoms with Crippen molar-refractivity contribution in [1.82, 2.24) is 5.32 Å². The van der Waals surface area contributed by atoms with Crippen molar-refractivity contribution in [3.05, 3.63) is 65.5 Å². The molecule has 0 saturated heterocycles. The molecule has 1 N–H and O–H groups in total. The van der Waals surface area contributed by atoms with Crippen LogP contribution >= 0.6 is 17.0 Å².